The van der Waals surface area contributed by atoms with Crippen LogP contribution in [0.2, 0.25) is 0 Å². The third-order valence-corrected chi connectivity index (χ3v) is 3.48. The van der Waals surface area contributed by atoms with Gasteiger partial charge in [-0.15, -0.1) is 5.10 Å². The van der Waals surface area contributed by atoms with Crippen molar-refractivity contribution >= 4 is 11.5 Å². The average molecular weight is 278 g/mol. The number of carbonyl (C=O) groups excluding carboxylic acids is 1. The van der Waals surface area contributed by atoms with Gasteiger partial charge in [0, 0.05) is 19.1 Å². The number of hydrogen-bond acceptors (Lipinski definition) is 5. The fraction of sp³-hybridized carbons (Fsp3) is 0.643. The maximum absolute atomic E-state index is 11.3. The molecule has 1 aromatic rings. The van der Waals surface area contributed by atoms with Gasteiger partial charge in [-0.1, -0.05) is 11.3 Å². The summed E-state index contributed by atoms with van der Waals surface area (Å²) >= 11 is 0. The van der Waals surface area contributed by atoms with Gasteiger partial charge in [0.25, 0.3) is 0 Å². The van der Waals surface area contributed by atoms with E-state index in [2.05, 4.69) is 35.1 Å². The van der Waals surface area contributed by atoms with Crippen LogP contribution in [0.25, 0.3) is 5.57 Å². The molecule has 6 heteroatoms. The summed E-state index contributed by atoms with van der Waals surface area (Å²) in [6.07, 6.45) is 5.99. The van der Waals surface area contributed by atoms with Crippen molar-refractivity contribution in [2.24, 2.45) is 0 Å². The minimum absolute atomic E-state index is 0.181. The van der Waals surface area contributed by atoms with Crippen molar-refractivity contribution in [2.75, 3.05) is 26.7 Å². The Morgan fingerprint density at radius 1 is 1.45 bits per heavy atom. The van der Waals surface area contributed by atoms with Gasteiger partial charge >= 0.3 is 5.97 Å². The van der Waals surface area contributed by atoms with Crippen LogP contribution in [0.3, 0.4) is 0 Å². The summed E-state index contributed by atoms with van der Waals surface area (Å²) < 4.78 is 6.58. The van der Waals surface area contributed by atoms with Crippen LogP contribution in [0.15, 0.2) is 12.3 Å². The molecule has 110 valence electrons. The van der Waals surface area contributed by atoms with E-state index in [4.69, 9.17) is 4.74 Å². The number of carbonyl (C=O) groups is 1. The second-order valence-electron chi connectivity index (χ2n) is 5.30. The molecule has 1 aliphatic rings. The quantitative estimate of drug-likeness (QED) is 0.781. The topological polar surface area (TPSA) is 60.2 Å². The van der Waals surface area contributed by atoms with Crippen LogP contribution < -0.4 is 0 Å². The molecule has 0 bridgehead atoms. The summed E-state index contributed by atoms with van der Waals surface area (Å²) in [6.45, 7) is 6.23. The largest absolute Gasteiger partial charge is 0.468 e. The first-order valence-corrected chi connectivity index (χ1v) is 7.00. The van der Waals surface area contributed by atoms with Crippen LogP contribution in [-0.2, 0) is 9.53 Å². The molecule has 0 fully saturated rings. The average Bonchev–Trinajstić information content (AvgIpc) is 2.81. The zero-order chi connectivity index (χ0) is 14.5. The van der Waals surface area contributed by atoms with Gasteiger partial charge in [-0.25, -0.2) is 4.68 Å². The molecule has 1 aliphatic heterocycles. The van der Waals surface area contributed by atoms with Crippen LogP contribution in [0.5, 0.6) is 0 Å². The predicted molar refractivity (Wildman–Crippen MR) is 76.1 cm³/mol. The molecule has 0 N–H and O–H groups in total. The Hall–Kier alpha value is -1.69. The van der Waals surface area contributed by atoms with Crippen LogP contribution in [0.1, 0.15) is 38.4 Å². The van der Waals surface area contributed by atoms with E-state index in [1.165, 1.54) is 12.7 Å². The smallest absolute Gasteiger partial charge is 0.319 e. The second-order valence-corrected chi connectivity index (χ2v) is 5.30. The Labute approximate surface area is 119 Å². The van der Waals surface area contributed by atoms with Gasteiger partial charge < -0.3 is 4.74 Å². The van der Waals surface area contributed by atoms with E-state index in [1.54, 1.807) is 0 Å². The van der Waals surface area contributed by atoms with Crippen LogP contribution in [-0.4, -0.2) is 52.6 Å². The molecule has 0 aromatic carbocycles. The molecule has 0 atom stereocenters. The van der Waals surface area contributed by atoms with Crippen molar-refractivity contribution in [3.8, 4) is 0 Å². The molecule has 6 nitrogen and oxygen atoms in total. The van der Waals surface area contributed by atoms with E-state index in [1.807, 2.05) is 10.9 Å². The van der Waals surface area contributed by atoms with Crippen molar-refractivity contribution in [2.45, 2.75) is 32.7 Å². The first-order chi connectivity index (χ1) is 9.60. The maximum atomic E-state index is 11.3. The summed E-state index contributed by atoms with van der Waals surface area (Å²) in [6, 6.07) is 0.318. The zero-order valence-electron chi connectivity index (χ0n) is 12.4. The molecule has 0 spiro atoms. The molecule has 0 saturated heterocycles. The van der Waals surface area contributed by atoms with Gasteiger partial charge in [-0.05, 0) is 32.3 Å². The molecule has 2 rings (SSSR count). The lowest BCUT2D eigenvalue weighted by Gasteiger charge is -2.17. The lowest BCUT2D eigenvalue weighted by molar-refractivity contribution is -0.141. The summed E-state index contributed by atoms with van der Waals surface area (Å²) in [5.74, 6) is -0.181. The van der Waals surface area contributed by atoms with E-state index >= 15 is 0 Å². The third-order valence-electron chi connectivity index (χ3n) is 3.48. The molecule has 0 unspecified atom stereocenters. The number of hydrogen-bond donors (Lipinski definition) is 0. The maximum Gasteiger partial charge on any atom is 0.319 e. The van der Waals surface area contributed by atoms with Gasteiger partial charge in [0.1, 0.15) is 5.69 Å². The summed E-state index contributed by atoms with van der Waals surface area (Å²) in [5.41, 5.74) is 2.16. The molecular formula is C14H22N4O2. The Morgan fingerprint density at radius 3 is 2.90 bits per heavy atom. The van der Waals surface area contributed by atoms with E-state index in [9.17, 15) is 4.79 Å². The highest BCUT2D eigenvalue weighted by molar-refractivity contribution is 5.71. The Kier molecular flexibility index (Phi) is 4.89. The molecule has 0 radical (unpaired) electrons. The zero-order valence-corrected chi connectivity index (χ0v) is 12.4. The number of ether oxygens (including phenoxy) is 1. The van der Waals surface area contributed by atoms with Gasteiger partial charge in [0.05, 0.1) is 19.9 Å². The van der Waals surface area contributed by atoms with E-state index < -0.39 is 0 Å². The highest BCUT2D eigenvalue weighted by Crippen LogP contribution is 2.20. The summed E-state index contributed by atoms with van der Waals surface area (Å²) in [5, 5.41) is 8.38. The monoisotopic (exact) mass is 278 g/mol. The molecule has 2 heterocycles. The number of methoxy groups -OCH3 is 1. The van der Waals surface area contributed by atoms with Crippen molar-refractivity contribution in [1.82, 2.24) is 19.9 Å². The number of esters is 1. The van der Waals surface area contributed by atoms with Gasteiger partial charge in [-0.2, -0.15) is 0 Å². The fourth-order valence-electron chi connectivity index (χ4n) is 2.23. The van der Waals surface area contributed by atoms with Gasteiger partial charge in [-0.3, -0.25) is 9.69 Å². The molecule has 20 heavy (non-hydrogen) atoms. The van der Waals surface area contributed by atoms with E-state index in [-0.39, 0.29) is 5.97 Å². The predicted octanol–water partition coefficient (Wildman–Crippen LogP) is 1.51. The Bertz CT molecular complexity index is 493. The lowest BCUT2D eigenvalue weighted by Crippen LogP contribution is -2.31. The third kappa shape index (κ3) is 3.66. The Morgan fingerprint density at radius 2 is 2.25 bits per heavy atom. The first-order valence-electron chi connectivity index (χ1n) is 7.00. The van der Waals surface area contributed by atoms with Gasteiger partial charge in [0.15, 0.2) is 0 Å². The van der Waals surface area contributed by atoms with E-state index in [0.717, 1.165) is 31.6 Å². The van der Waals surface area contributed by atoms with Crippen LogP contribution in [0.4, 0.5) is 0 Å². The van der Waals surface area contributed by atoms with Crippen molar-refractivity contribution in [3.63, 3.8) is 0 Å². The number of rotatable bonds is 4. The SMILES string of the molecule is COC(=O)CN1CCC=C(c2cn(C(C)C)nn2)CC1. The van der Waals surface area contributed by atoms with Crippen molar-refractivity contribution < 1.29 is 9.53 Å². The molecule has 0 aliphatic carbocycles. The first kappa shape index (κ1) is 14.7. The normalized spacial score (nSPS) is 16.9. The lowest BCUT2D eigenvalue weighted by atomic mass is 10.1. The number of aromatic nitrogens is 3. The van der Waals surface area contributed by atoms with Gasteiger partial charge in [0.2, 0.25) is 0 Å². The fourth-order valence-corrected chi connectivity index (χ4v) is 2.23. The highest BCUT2D eigenvalue weighted by Gasteiger charge is 2.16. The second kappa shape index (κ2) is 6.65. The molecule has 0 saturated carbocycles. The standard InChI is InChI=1S/C14H22N4O2/c1-11(2)18-9-13(15-16-18)12-5-4-7-17(8-6-12)10-14(19)20-3/h5,9,11H,4,6-8,10H2,1-3H3. The van der Waals surface area contributed by atoms with Crippen molar-refractivity contribution in [3.05, 3.63) is 18.0 Å². The summed E-state index contributed by atoms with van der Waals surface area (Å²) in [4.78, 5) is 13.4. The molecular weight excluding hydrogens is 256 g/mol. The van der Waals surface area contributed by atoms with Crippen LogP contribution in [0, 0.1) is 0 Å². The minimum Gasteiger partial charge on any atom is -0.468 e. The minimum atomic E-state index is -0.181. The van der Waals surface area contributed by atoms with Crippen molar-refractivity contribution in [1.29, 1.82) is 0 Å². The number of nitrogens with zero attached hydrogens (tertiary/aromatic N) is 4. The highest BCUT2D eigenvalue weighted by atomic mass is 16.5. The molecule has 1 aromatic heterocycles. The Balaban J connectivity index is 1.97. The summed E-state index contributed by atoms with van der Waals surface area (Å²) in [7, 11) is 1.42. The van der Waals surface area contributed by atoms with E-state index in [0.29, 0.717) is 12.6 Å². The molecule has 0 amide bonds. The van der Waals surface area contributed by atoms with Crippen LogP contribution >= 0.6 is 0 Å².